The van der Waals surface area contributed by atoms with Crippen LogP contribution in [0.5, 0.6) is 5.88 Å². The second-order valence-electron chi connectivity index (χ2n) is 12.0. The predicted octanol–water partition coefficient (Wildman–Crippen LogP) is 2.09. The predicted molar refractivity (Wildman–Crippen MR) is 172 cm³/mol. The molecule has 0 saturated carbocycles. The molecule has 0 spiro atoms. The molecule has 5 heterocycles. The molecule has 3 aromatic rings. The Hall–Kier alpha value is -3.67. The van der Waals surface area contributed by atoms with Crippen molar-refractivity contribution < 1.29 is 30.0 Å². The Morgan fingerprint density at radius 1 is 0.932 bits per heavy atom. The number of rotatable bonds is 11. The number of H-pyrrole nitrogens is 3. The molecule has 2 saturated heterocycles. The third-order valence-electron chi connectivity index (χ3n) is 9.51. The monoisotopic (exact) mass is 622 g/mol. The van der Waals surface area contributed by atoms with Gasteiger partial charge in [0.05, 0.1) is 5.35 Å². The fraction of sp³-hybridized carbons (Fsp3) is 0.455. The minimum Gasteiger partial charge on any atom is -0.494 e. The lowest BCUT2D eigenvalue weighted by Gasteiger charge is -2.21. The van der Waals surface area contributed by atoms with Gasteiger partial charge in [0.1, 0.15) is 0 Å². The summed E-state index contributed by atoms with van der Waals surface area (Å²) in [7, 11) is 0. The van der Waals surface area contributed by atoms with Gasteiger partial charge in [0, 0.05) is 52.5 Å². The van der Waals surface area contributed by atoms with Crippen LogP contribution in [0.4, 0.5) is 0 Å². The SMILES string of the molecule is C=c1c(CC)c(O)[nH]/c1=C\c1[nH]c(/C=c2\[nH]/c(=C/C3[C@H](CC)[C@@H](C)[C@]4(O)SN34)c(C)c2CCC(=O)O)c(CCC(=O)O)c1C. The minimum atomic E-state index is -0.900. The molecule has 236 valence electrons. The lowest BCUT2D eigenvalue weighted by Crippen LogP contribution is -2.26. The van der Waals surface area contributed by atoms with Crippen molar-refractivity contribution in [2.75, 3.05) is 0 Å². The lowest BCUT2D eigenvalue weighted by molar-refractivity contribution is -0.138. The molecule has 44 heavy (non-hydrogen) atoms. The lowest BCUT2D eigenvalue weighted by atomic mass is 9.88. The molecule has 2 aliphatic rings. The molecule has 2 fully saturated rings. The van der Waals surface area contributed by atoms with Crippen molar-refractivity contribution in [2.45, 2.75) is 84.2 Å². The molecular formula is C33H42N4O6S. The number of carboxylic acid groups (broad SMARTS) is 2. The van der Waals surface area contributed by atoms with Gasteiger partial charge in [-0.05, 0) is 96.7 Å². The highest BCUT2D eigenvalue weighted by molar-refractivity contribution is 8.04. The Morgan fingerprint density at radius 3 is 2.16 bits per heavy atom. The quantitative estimate of drug-likeness (QED) is 0.126. The summed E-state index contributed by atoms with van der Waals surface area (Å²) in [5.74, 6) is -1.30. The largest absolute Gasteiger partial charge is 0.494 e. The van der Waals surface area contributed by atoms with Crippen LogP contribution in [0.25, 0.3) is 24.8 Å². The highest BCUT2D eigenvalue weighted by Gasteiger charge is 2.68. The number of fused-ring (bicyclic) bond motifs is 1. The molecule has 11 heteroatoms. The highest BCUT2D eigenvalue weighted by Crippen LogP contribution is 2.65. The number of aromatic amines is 3. The summed E-state index contributed by atoms with van der Waals surface area (Å²) in [6.45, 7) is 14.2. The number of aliphatic hydroxyl groups is 1. The van der Waals surface area contributed by atoms with Gasteiger partial charge in [-0.25, -0.2) is 0 Å². The van der Waals surface area contributed by atoms with Crippen molar-refractivity contribution >= 4 is 48.7 Å². The summed E-state index contributed by atoms with van der Waals surface area (Å²) in [6, 6.07) is 0.0321. The van der Waals surface area contributed by atoms with E-state index in [2.05, 4.69) is 41.5 Å². The van der Waals surface area contributed by atoms with Crippen LogP contribution in [0.2, 0.25) is 0 Å². The molecular weight excluding hydrogens is 580 g/mol. The summed E-state index contributed by atoms with van der Waals surface area (Å²) in [4.78, 5) is 33.1. The summed E-state index contributed by atoms with van der Waals surface area (Å²) in [5.41, 5.74) is 5.81. The Kier molecular flexibility index (Phi) is 8.67. The molecule has 10 nitrogen and oxygen atoms in total. The smallest absolute Gasteiger partial charge is 0.303 e. The van der Waals surface area contributed by atoms with E-state index in [4.69, 9.17) is 0 Å². The van der Waals surface area contributed by atoms with Crippen molar-refractivity contribution in [3.05, 3.63) is 60.5 Å². The molecule has 7 N–H and O–H groups in total. The van der Waals surface area contributed by atoms with Crippen LogP contribution >= 0.6 is 11.9 Å². The molecule has 0 aromatic carbocycles. The van der Waals surface area contributed by atoms with Crippen LogP contribution in [-0.2, 0) is 28.9 Å². The second-order valence-corrected chi connectivity index (χ2v) is 13.2. The third-order valence-corrected chi connectivity index (χ3v) is 10.9. The average molecular weight is 623 g/mol. The van der Waals surface area contributed by atoms with Crippen LogP contribution in [0.15, 0.2) is 0 Å². The Bertz CT molecular complexity index is 1850. The zero-order chi connectivity index (χ0) is 32.1. The van der Waals surface area contributed by atoms with Crippen LogP contribution in [0.1, 0.15) is 79.2 Å². The van der Waals surface area contributed by atoms with E-state index in [-0.39, 0.29) is 36.6 Å². The van der Waals surface area contributed by atoms with E-state index in [0.29, 0.717) is 29.8 Å². The Balaban J connectivity index is 1.67. The summed E-state index contributed by atoms with van der Waals surface area (Å²) in [6.07, 6.45) is 8.07. The molecule has 5 rings (SSSR count). The van der Waals surface area contributed by atoms with Gasteiger partial charge in [0.2, 0.25) is 0 Å². The molecule has 5 atom stereocenters. The number of hydrogen-bond donors (Lipinski definition) is 7. The number of aromatic nitrogens is 3. The van der Waals surface area contributed by atoms with Crippen molar-refractivity contribution in [3.8, 4) is 5.88 Å². The average Bonchev–Trinajstić information content (AvgIpc) is 3.20. The van der Waals surface area contributed by atoms with Gasteiger partial charge in [-0.3, -0.25) is 9.59 Å². The minimum absolute atomic E-state index is 0.0320. The van der Waals surface area contributed by atoms with E-state index < -0.39 is 17.0 Å². The molecule has 0 bridgehead atoms. The van der Waals surface area contributed by atoms with Crippen LogP contribution in [0, 0.1) is 25.7 Å². The molecule has 2 unspecified atom stereocenters. The fourth-order valence-corrected chi connectivity index (χ4v) is 8.00. The normalized spacial score (nSPS) is 25.6. The number of carbonyl (C=O) groups is 2. The molecule has 0 aliphatic carbocycles. The van der Waals surface area contributed by atoms with Gasteiger partial charge in [-0.1, -0.05) is 33.8 Å². The number of aromatic hydroxyl groups is 1. The highest BCUT2D eigenvalue weighted by atomic mass is 32.2. The van der Waals surface area contributed by atoms with Gasteiger partial charge in [-0.2, -0.15) is 4.31 Å². The number of aliphatic carboxylic acids is 2. The Labute approximate surface area is 260 Å². The van der Waals surface area contributed by atoms with E-state index in [1.165, 1.54) is 11.9 Å². The fourth-order valence-electron chi connectivity index (χ4n) is 6.79. The molecule has 2 aliphatic heterocycles. The number of carboxylic acids is 2. The van der Waals surface area contributed by atoms with Crippen LogP contribution in [-0.4, -0.2) is 62.7 Å². The van der Waals surface area contributed by atoms with Crippen LogP contribution in [0.3, 0.4) is 0 Å². The third kappa shape index (κ3) is 5.64. The molecule has 0 radical (unpaired) electrons. The maximum atomic E-state index is 11.6. The number of nitrogens with zero attached hydrogens (tertiary/aromatic N) is 1. The van der Waals surface area contributed by atoms with Gasteiger partial charge >= 0.3 is 11.9 Å². The standard InChI is InChI=1S/C33H42N4O6S/c1-7-20-16(3)25(36-32(20)42)13-24-17(4)22(9-11-30(38)39)27(34-24)14-28-23(10-12-31(40)41)18(5)26(35-28)15-29-21(8-2)19(6)33(43)37(29)44-33/h13-15,19,21,29,34-36,42-43H,3,7-12H2,1-2,4-6H3,(H,38,39)(H,40,41)/b25-13-,26-15+,28-14-/t19-,21-,29?,33+,37?/m1/s1. The van der Waals surface area contributed by atoms with E-state index in [9.17, 15) is 30.0 Å². The maximum absolute atomic E-state index is 11.6. The zero-order valence-corrected chi connectivity index (χ0v) is 26.7. The summed E-state index contributed by atoms with van der Waals surface area (Å²) >= 11 is 1.47. The van der Waals surface area contributed by atoms with Gasteiger partial charge in [0.25, 0.3) is 0 Å². The van der Waals surface area contributed by atoms with Crippen molar-refractivity contribution in [1.29, 1.82) is 0 Å². The topological polar surface area (TPSA) is 165 Å². The zero-order valence-electron chi connectivity index (χ0n) is 25.9. The number of nitrogens with one attached hydrogen (secondary N) is 3. The number of hydrogen-bond acceptors (Lipinski definition) is 6. The molecule has 3 aromatic heterocycles. The van der Waals surface area contributed by atoms with Crippen molar-refractivity contribution in [3.63, 3.8) is 0 Å². The first-order valence-electron chi connectivity index (χ1n) is 15.2. The van der Waals surface area contributed by atoms with Gasteiger partial charge in [0.15, 0.2) is 10.9 Å². The maximum Gasteiger partial charge on any atom is 0.303 e. The van der Waals surface area contributed by atoms with Crippen molar-refractivity contribution in [1.82, 2.24) is 19.3 Å². The van der Waals surface area contributed by atoms with E-state index in [1.54, 1.807) is 0 Å². The van der Waals surface area contributed by atoms with E-state index in [1.807, 2.05) is 37.2 Å². The van der Waals surface area contributed by atoms with E-state index in [0.717, 1.165) is 56.3 Å². The second kappa shape index (κ2) is 12.0. The first-order valence-corrected chi connectivity index (χ1v) is 15.9. The van der Waals surface area contributed by atoms with Gasteiger partial charge < -0.3 is 35.4 Å². The summed E-state index contributed by atoms with van der Waals surface area (Å²) < 4.78 is 2.05. The molecule has 0 amide bonds. The van der Waals surface area contributed by atoms with Gasteiger partial charge in [-0.15, -0.1) is 0 Å². The van der Waals surface area contributed by atoms with Crippen molar-refractivity contribution in [2.24, 2.45) is 11.8 Å². The van der Waals surface area contributed by atoms with Crippen LogP contribution < -0.4 is 21.3 Å². The van der Waals surface area contributed by atoms with E-state index >= 15 is 0 Å². The Morgan fingerprint density at radius 2 is 1.57 bits per heavy atom. The first-order chi connectivity index (χ1) is 20.8. The summed E-state index contributed by atoms with van der Waals surface area (Å²) in [5, 5.41) is 42.5. The first kappa shape index (κ1) is 31.7.